The average molecular weight is 324 g/mol. The lowest BCUT2D eigenvalue weighted by atomic mass is 10.1. The number of thiophene rings is 1. The summed E-state index contributed by atoms with van der Waals surface area (Å²) in [6, 6.07) is 12.0. The van der Waals surface area contributed by atoms with E-state index in [1.54, 1.807) is 12.1 Å². The molecule has 0 spiro atoms. The summed E-state index contributed by atoms with van der Waals surface area (Å²) in [5.41, 5.74) is 0.942. The molecule has 6 heteroatoms. The van der Waals surface area contributed by atoms with Crippen LogP contribution >= 0.6 is 22.9 Å². The SMILES string of the molecule is COC(=O)[C@H](Cc1ccccc1)NC(=O)c1ccc(Cl)s1. The fourth-order valence-electron chi connectivity index (χ4n) is 1.85. The number of carbonyl (C=O) groups excluding carboxylic acids is 2. The van der Waals surface area contributed by atoms with Crippen molar-refractivity contribution < 1.29 is 14.3 Å². The molecule has 0 aliphatic rings. The number of benzene rings is 1. The average Bonchev–Trinajstić information content (AvgIpc) is 2.93. The Labute approximate surface area is 131 Å². The molecule has 2 aromatic rings. The van der Waals surface area contributed by atoms with Crippen LogP contribution in [0.4, 0.5) is 0 Å². The number of carbonyl (C=O) groups is 2. The van der Waals surface area contributed by atoms with Crippen LogP contribution in [-0.2, 0) is 16.0 Å². The van der Waals surface area contributed by atoms with Gasteiger partial charge in [-0.2, -0.15) is 0 Å². The van der Waals surface area contributed by atoms with Gasteiger partial charge in [0.05, 0.1) is 16.3 Å². The number of amides is 1. The maximum absolute atomic E-state index is 12.1. The quantitative estimate of drug-likeness (QED) is 0.861. The fourth-order valence-corrected chi connectivity index (χ4v) is 2.80. The highest BCUT2D eigenvalue weighted by Gasteiger charge is 2.23. The van der Waals surface area contributed by atoms with Crippen LogP contribution in [0.5, 0.6) is 0 Å². The van der Waals surface area contributed by atoms with Gasteiger partial charge in [0, 0.05) is 6.42 Å². The molecule has 0 unspecified atom stereocenters. The standard InChI is InChI=1S/C15H14ClNO3S/c1-20-15(19)11(9-10-5-3-2-4-6-10)17-14(18)12-7-8-13(16)21-12/h2-8,11H,9H2,1H3,(H,17,18)/t11-/m0/s1. The van der Waals surface area contributed by atoms with Gasteiger partial charge in [-0.1, -0.05) is 41.9 Å². The Bertz CT molecular complexity index is 627. The number of methoxy groups -OCH3 is 1. The normalized spacial score (nSPS) is 11.7. The van der Waals surface area contributed by atoms with Crippen molar-refractivity contribution in [3.63, 3.8) is 0 Å². The molecule has 0 saturated heterocycles. The van der Waals surface area contributed by atoms with Crippen LogP contribution in [-0.4, -0.2) is 25.0 Å². The molecular formula is C15H14ClNO3S. The summed E-state index contributed by atoms with van der Waals surface area (Å²) in [6.07, 6.45) is 0.373. The molecule has 21 heavy (non-hydrogen) atoms. The van der Waals surface area contributed by atoms with Gasteiger partial charge in [0.1, 0.15) is 6.04 Å². The third-order valence-electron chi connectivity index (χ3n) is 2.87. The number of esters is 1. The maximum atomic E-state index is 12.1. The van der Waals surface area contributed by atoms with E-state index in [0.717, 1.165) is 16.9 Å². The second kappa shape index (κ2) is 7.24. The Kier molecular flexibility index (Phi) is 5.36. The van der Waals surface area contributed by atoms with Crippen molar-refractivity contribution in [2.75, 3.05) is 7.11 Å². The van der Waals surface area contributed by atoms with E-state index in [-0.39, 0.29) is 5.91 Å². The third kappa shape index (κ3) is 4.31. The number of nitrogens with one attached hydrogen (secondary N) is 1. The van der Waals surface area contributed by atoms with Crippen molar-refractivity contribution >= 4 is 34.8 Å². The Balaban J connectivity index is 2.09. The predicted octanol–water partition coefficient (Wildman–Crippen LogP) is 2.92. The number of rotatable bonds is 5. The van der Waals surface area contributed by atoms with Crippen molar-refractivity contribution in [2.24, 2.45) is 0 Å². The Hall–Kier alpha value is -1.85. The van der Waals surface area contributed by atoms with Crippen LogP contribution in [0.25, 0.3) is 0 Å². The largest absolute Gasteiger partial charge is 0.467 e. The highest BCUT2D eigenvalue weighted by Crippen LogP contribution is 2.21. The summed E-state index contributed by atoms with van der Waals surface area (Å²) in [4.78, 5) is 24.4. The minimum atomic E-state index is -0.731. The smallest absolute Gasteiger partial charge is 0.328 e. The Morgan fingerprint density at radius 3 is 2.52 bits per heavy atom. The molecule has 4 nitrogen and oxygen atoms in total. The summed E-state index contributed by atoms with van der Waals surface area (Å²) < 4.78 is 5.28. The van der Waals surface area contributed by atoms with Crippen LogP contribution in [0.2, 0.25) is 4.34 Å². The zero-order valence-electron chi connectivity index (χ0n) is 11.3. The summed E-state index contributed by atoms with van der Waals surface area (Å²) in [5.74, 6) is -0.812. The lowest BCUT2D eigenvalue weighted by molar-refractivity contribution is -0.142. The van der Waals surface area contributed by atoms with Crippen molar-refractivity contribution in [1.29, 1.82) is 0 Å². The van der Waals surface area contributed by atoms with Gasteiger partial charge in [0.15, 0.2) is 0 Å². The van der Waals surface area contributed by atoms with Crippen LogP contribution in [0.15, 0.2) is 42.5 Å². The van der Waals surface area contributed by atoms with Crippen LogP contribution in [0.1, 0.15) is 15.2 Å². The van der Waals surface area contributed by atoms with E-state index < -0.39 is 12.0 Å². The first-order valence-corrected chi connectivity index (χ1v) is 7.47. The molecule has 1 atom stereocenters. The molecule has 1 amide bonds. The van der Waals surface area contributed by atoms with Gasteiger partial charge >= 0.3 is 5.97 Å². The topological polar surface area (TPSA) is 55.4 Å². The van der Waals surface area contributed by atoms with Gasteiger partial charge in [0.2, 0.25) is 0 Å². The molecule has 1 aromatic carbocycles. The number of ether oxygens (including phenoxy) is 1. The zero-order chi connectivity index (χ0) is 15.2. The van der Waals surface area contributed by atoms with Gasteiger partial charge in [-0.3, -0.25) is 4.79 Å². The van der Waals surface area contributed by atoms with Crippen molar-refractivity contribution in [2.45, 2.75) is 12.5 Å². The van der Waals surface area contributed by atoms with Crippen molar-refractivity contribution in [3.8, 4) is 0 Å². The molecule has 2 rings (SSSR count). The highest BCUT2D eigenvalue weighted by atomic mass is 35.5. The molecule has 0 aliphatic heterocycles. The van der Waals surface area contributed by atoms with E-state index in [0.29, 0.717) is 15.6 Å². The van der Waals surface area contributed by atoms with Gasteiger partial charge in [-0.05, 0) is 17.7 Å². The number of hydrogen-bond acceptors (Lipinski definition) is 4. The monoisotopic (exact) mass is 323 g/mol. The minimum absolute atomic E-state index is 0.335. The second-order valence-corrected chi connectivity index (χ2v) is 6.06. The summed E-state index contributed by atoms with van der Waals surface area (Å²) in [5, 5.41) is 2.68. The highest BCUT2D eigenvalue weighted by molar-refractivity contribution is 7.18. The third-order valence-corrected chi connectivity index (χ3v) is 4.10. The van der Waals surface area contributed by atoms with E-state index in [2.05, 4.69) is 5.32 Å². The van der Waals surface area contributed by atoms with E-state index in [1.165, 1.54) is 7.11 Å². The molecule has 0 saturated carbocycles. The Morgan fingerprint density at radius 1 is 1.24 bits per heavy atom. The molecule has 1 aromatic heterocycles. The molecule has 110 valence electrons. The van der Waals surface area contributed by atoms with Gasteiger partial charge in [-0.15, -0.1) is 11.3 Å². The maximum Gasteiger partial charge on any atom is 0.328 e. The second-order valence-electron chi connectivity index (χ2n) is 4.34. The molecule has 0 fully saturated rings. The van der Waals surface area contributed by atoms with E-state index >= 15 is 0 Å². The number of halogens is 1. The summed E-state index contributed by atoms with van der Waals surface area (Å²) in [7, 11) is 1.30. The molecule has 0 bridgehead atoms. The number of hydrogen-bond donors (Lipinski definition) is 1. The first-order chi connectivity index (χ1) is 10.1. The predicted molar refractivity (Wildman–Crippen MR) is 82.7 cm³/mol. The molecular weight excluding hydrogens is 310 g/mol. The zero-order valence-corrected chi connectivity index (χ0v) is 12.9. The van der Waals surface area contributed by atoms with E-state index in [1.807, 2.05) is 30.3 Å². The molecule has 0 aliphatic carbocycles. The summed E-state index contributed by atoms with van der Waals surface area (Å²) >= 11 is 6.97. The van der Waals surface area contributed by atoms with Crippen LogP contribution in [0.3, 0.4) is 0 Å². The summed E-state index contributed by atoms with van der Waals surface area (Å²) in [6.45, 7) is 0. The fraction of sp³-hybridized carbons (Fsp3) is 0.200. The van der Waals surface area contributed by atoms with Crippen LogP contribution in [0, 0.1) is 0 Å². The molecule has 0 radical (unpaired) electrons. The van der Waals surface area contributed by atoms with Crippen molar-refractivity contribution in [1.82, 2.24) is 5.32 Å². The lowest BCUT2D eigenvalue weighted by Crippen LogP contribution is -2.42. The molecule has 1 heterocycles. The Morgan fingerprint density at radius 2 is 1.95 bits per heavy atom. The first kappa shape index (κ1) is 15.5. The van der Waals surface area contributed by atoms with E-state index in [4.69, 9.17) is 16.3 Å². The van der Waals surface area contributed by atoms with E-state index in [9.17, 15) is 9.59 Å². The minimum Gasteiger partial charge on any atom is -0.467 e. The van der Waals surface area contributed by atoms with Gasteiger partial charge in [0.25, 0.3) is 5.91 Å². The molecule has 1 N–H and O–H groups in total. The van der Waals surface area contributed by atoms with Gasteiger partial charge in [-0.25, -0.2) is 4.79 Å². The van der Waals surface area contributed by atoms with Crippen molar-refractivity contribution in [3.05, 3.63) is 57.2 Å². The van der Waals surface area contributed by atoms with Gasteiger partial charge < -0.3 is 10.1 Å². The first-order valence-electron chi connectivity index (χ1n) is 6.28. The van der Waals surface area contributed by atoms with Crippen LogP contribution < -0.4 is 5.32 Å². The lowest BCUT2D eigenvalue weighted by Gasteiger charge is -2.16.